The van der Waals surface area contributed by atoms with Gasteiger partial charge in [0.1, 0.15) is 5.76 Å². The van der Waals surface area contributed by atoms with Crippen LogP contribution in [0.5, 0.6) is 0 Å². The molecule has 4 rings (SSSR count). The Morgan fingerprint density at radius 1 is 0.793 bits per heavy atom. The lowest BCUT2D eigenvalue weighted by Gasteiger charge is -2.18. The van der Waals surface area contributed by atoms with E-state index in [-0.39, 0.29) is 11.3 Å². The van der Waals surface area contributed by atoms with Crippen LogP contribution in [0.3, 0.4) is 0 Å². The average Bonchev–Trinajstić information content (AvgIpc) is 3.04. The fraction of sp³-hybridized carbons (Fsp3) is 0.385. The fourth-order valence-electron chi connectivity index (χ4n) is 4.73. The van der Waals surface area contributed by atoms with Gasteiger partial charge in [-0.05, 0) is 49.1 Å². The number of fused-ring (bicyclic) bond motifs is 1. The van der Waals surface area contributed by atoms with Crippen LogP contribution in [0.25, 0.3) is 5.76 Å². The predicted octanol–water partition coefficient (Wildman–Crippen LogP) is 6.18. The Balaban J connectivity index is 1.44. The quantitative estimate of drug-likeness (QED) is 0.491. The molecule has 2 aromatic carbocycles. The summed E-state index contributed by atoms with van der Waals surface area (Å²) < 4.78 is 0. The molecular formula is C26H28O3. The van der Waals surface area contributed by atoms with Crippen molar-refractivity contribution in [2.24, 2.45) is 0 Å². The van der Waals surface area contributed by atoms with E-state index < -0.39 is 11.6 Å². The number of allylic oxidation sites excluding steroid dienone is 1. The molecule has 1 saturated carbocycles. The molecule has 0 spiro atoms. The lowest BCUT2D eigenvalue weighted by molar-refractivity contribution is -0.112. The highest BCUT2D eigenvalue weighted by atomic mass is 16.3. The van der Waals surface area contributed by atoms with Gasteiger partial charge in [0.15, 0.2) is 0 Å². The minimum Gasteiger partial charge on any atom is -0.507 e. The van der Waals surface area contributed by atoms with Gasteiger partial charge in [-0.2, -0.15) is 0 Å². The van der Waals surface area contributed by atoms with Gasteiger partial charge < -0.3 is 5.11 Å². The van der Waals surface area contributed by atoms with E-state index >= 15 is 0 Å². The molecule has 1 fully saturated rings. The molecule has 29 heavy (non-hydrogen) atoms. The van der Waals surface area contributed by atoms with Crippen LogP contribution in [0, 0.1) is 0 Å². The molecule has 150 valence electrons. The highest BCUT2D eigenvalue weighted by molar-refractivity contribution is 6.52. The molecule has 3 nitrogen and oxygen atoms in total. The number of carbonyl (C=O) groups excluding carboxylic acids is 2. The minimum atomic E-state index is -0.562. The number of aliphatic hydroxyl groups excluding tert-OH is 1. The normalized spacial score (nSPS) is 17.9. The maximum atomic E-state index is 12.5. The molecular weight excluding hydrogens is 360 g/mol. The molecule has 0 aromatic heterocycles. The zero-order chi connectivity index (χ0) is 20.2. The van der Waals surface area contributed by atoms with Crippen molar-refractivity contribution < 1.29 is 14.7 Å². The Labute approximate surface area is 172 Å². The van der Waals surface area contributed by atoms with Gasteiger partial charge in [0.05, 0.1) is 0 Å². The Hall–Kier alpha value is -2.68. The smallest absolute Gasteiger partial charge is 0.234 e. The van der Waals surface area contributed by atoms with Crippen molar-refractivity contribution in [3.05, 3.63) is 76.4 Å². The zero-order valence-corrected chi connectivity index (χ0v) is 16.8. The lowest BCUT2D eigenvalue weighted by atomic mass is 9.86. The number of rotatable bonds is 5. The van der Waals surface area contributed by atoms with Gasteiger partial charge in [-0.15, -0.1) is 0 Å². The van der Waals surface area contributed by atoms with Crippen LogP contribution >= 0.6 is 0 Å². The molecule has 0 atom stereocenters. The van der Waals surface area contributed by atoms with Gasteiger partial charge in [-0.3, -0.25) is 9.59 Å². The molecule has 0 amide bonds. The fourth-order valence-corrected chi connectivity index (χ4v) is 4.73. The van der Waals surface area contributed by atoms with Gasteiger partial charge in [0.2, 0.25) is 11.6 Å². The summed E-state index contributed by atoms with van der Waals surface area (Å²) >= 11 is 0. The second-order valence-electron chi connectivity index (χ2n) is 8.32. The zero-order valence-electron chi connectivity index (χ0n) is 16.8. The number of hydrogen-bond donors (Lipinski definition) is 1. The number of hydrogen-bond acceptors (Lipinski definition) is 3. The number of benzene rings is 2. The summed E-state index contributed by atoms with van der Waals surface area (Å²) in [4.78, 5) is 24.8. The summed E-state index contributed by atoms with van der Waals surface area (Å²) in [6, 6.07) is 15.6. The summed E-state index contributed by atoms with van der Waals surface area (Å²) in [7, 11) is 0. The van der Waals surface area contributed by atoms with Gasteiger partial charge in [-0.1, -0.05) is 74.2 Å². The number of carbonyl (C=O) groups is 2. The first kappa shape index (κ1) is 19.6. The van der Waals surface area contributed by atoms with Crippen LogP contribution in [-0.4, -0.2) is 16.7 Å². The molecule has 2 aliphatic carbocycles. The van der Waals surface area contributed by atoms with Crippen molar-refractivity contribution in [3.8, 4) is 0 Å². The molecule has 2 aliphatic rings. The Morgan fingerprint density at radius 3 is 2.28 bits per heavy atom. The third-order valence-corrected chi connectivity index (χ3v) is 6.36. The number of Topliss-reactive ketones (excluding diaryl/α,β-unsaturated/α-hetero) is 2. The van der Waals surface area contributed by atoms with E-state index in [0.29, 0.717) is 23.5 Å². The first-order valence-corrected chi connectivity index (χ1v) is 10.8. The lowest BCUT2D eigenvalue weighted by Crippen LogP contribution is -2.24. The second kappa shape index (κ2) is 8.77. The van der Waals surface area contributed by atoms with Gasteiger partial charge in [0.25, 0.3) is 0 Å². The van der Waals surface area contributed by atoms with Crippen LogP contribution in [0.2, 0.25) is 0 Å². The molecule has 0 saturated heterocycles. The summed E-state index contributed by atoms with van der Waals surface area (Å²) in [5.74, 6) is -0.437. The van der Waals surface area contributed by atoms with Crippen LogP contribution < -0.4 is 0 Å². The van der Waals surface area contributed by atoms with Gasteiger partial charge >= 0.3 is 0 Å². The molecule has 0 radical (unpaired) electrons. The van der Waals surface area contributed by atoms with Crippen molar-refractivity contribution in [2.45, 2.75) is 63.7 Å². The van der Waals surface area contributed by atoms with Crippen LogP contribution in [0.15, 0.2) is 54.1 Å². The summed E-state index contributed by atoms with van der Waals surface area (Å²) in [5, 5.41) is 10.6. The Morgan fingerprint density at radius 2 is 1.52 bits per heavy atom. The monoisotopic (exact) mass is 388 g/mol. The van der Waals surface area contributed by atoms with Crippen molar-refractivity contribution in [1.82, 2.24) is 0 Å². The van der Waals surface area contributed by atoms with Gasteiger partial charge in [0, 0.05) is 16.7 Å². The Kier molecular flexibility index (Phi) is 5.94. The third-order valence-electron chi connectivity index (χ3n) is 6.36. The van der Waals surface area contributed by atoms with E-state index in [1.807, 2.05) is 0 Å². The second-order valence-corrected chi connectivity index (χ2v) is 8.32. The molecule has 0 unspecified atom stereocenters. The highest BCUT2D eigenvalue weighted by Crippen LogP contribution is 2.33. The summed E-state index contributed by atoms with van der Waals surface area (Å²) in [5.41, 5.74) is 3.73. The molecule has 3 heteroatoms. The van der Waals surface area contributed by atoms with Crippen LogP contribution in [0.4, 0.5) is 0 Å². The highest BCUT2D eigenvalue weighted by Gasteiger charge is 2.31. The maximum absolute atomic E-state index is 12.5. The van der Waals surface area contributed by atoms with E-state index in [4.69, 9.17) is 0 Å². The van der Waals surface area contributed by atoms with Crippen molar-refractivity contribution >= 4 is 17.3 Å². The summed E-state index contributed by atoms with van der Waals surface area (Å²) in [6.07, 6.45) is 9.88. The van der Waals surface area contributed by atoms with Crippen molar-refractivity contribution in [3.63, 3.8) is 0 Å². The van der Waals surface area contributed by atoms with Crippen molar-refractivity contribution in [1.29, 1.82) is 0 Å². The average molecular weight is 389 g/mol. The molecule has 0 heterocycles. The van der Waals surface area contributed by atoms with Crippen LogP contribution in [0.1, 0.15) is 84.3 Å². The minimum absolute atomic E-state index is 0.0302. The SMILES string of the molecule is O=C1C(=O)c2ccccc2C(O)=C1CCCc1cccc(C2CCCCCC2)c1. The predicted molar refractivity (Wildman–Crippen MR) is 115 cm³/mol. The maximum Gasteiger partial charge on any atom is 0.234 e. The third kappa shape index (κ3) is 4.19. The topological polar surface area (TPSA) is 54.4 Å². The van der Waals surface area contributed by atoms with Gasteiger partial charge in [-0.25, -0.2) is 0 Å². The molecule has 1 N–H and O–H groups in total. The molecule has 0 aliphatic heterocycles. The first-order valence-electron chi connectivity index (χ1n) is 10.8. The van der Waals surface area contributed by atoms with E-state index in [2.05, 4.69) is 24.3 Å². The number of aliphatic hydroxyl groups is 1. The number of aryl methyl sites for hydroxylation is 1. The van der Waals surface area contributed by atoms with E-state index in [1.54, 1.807) is 24.3 Å². The molecule has 2 aromatic rings. The van der Waals surface area contributed by atoms with E-state index in [1.165, 1.54) is 49.7 Å². The number of ketones is 2. The van der Waals surface area contributed by atoms with E-state index in [9.17, 15) is 14.7 Å². The van der Waals surface area contributed by atoms with Crippen LogP contribution in [-0.2, 0) is 11.2 Å². The standard InChI is InChI=1S/C26H28O3/c27-24-21-14-5-6-15-22(21)25(28)26(29)23(24)16-8-10-18-9-7-13-20(17-18)19-11-3-1-2-4-12-19/h5-7,9,13-15,17,19,27H,1-4,8,10-12,16H2. The molecule has 0 bridgehead atoms. The first-order chi connectivity index (χ1) is 14.1. The largest absolute Gasteiger partial charge is 0.507 e. The summed E-state index contributed by atoms with van der Waals surface area (Å²) in [6.45, 7) is 0. The Bertz CT molecular complexity index is 946. The van der Waals surface area contributed by atoms with Crippen molar-refractivity contribution in [2.75, 3.05) is 0 Å². The van der Waals surface area contributed by atoms with E-state index in [0.717, 1.165) is 12.8 Å².